The topological polar surface area (TPSA) is 58.6 Å². The molecule has 0 radical (unpaired) electrons. The number of pyridine rings is 1. The molecule has 0 aliphatic heterocycles. The van der Waals surface area contributed by atoms with E-state index in [1.807, 2.05) is 51.1 Å². The molecule has 3 rings (SSSR count). The summed E-state index contributed by atoms with van der Waals surface area (Å²) in [5.41, 5.74) is 2.04. The van der Waals surface area contributed by atoms with E-state index >= 15 is 0 Å². The van der Waals surface area contributed by atoms with Crippen LogP contribution in [0, 0.1) is 0 Å². The van der Waals surface area contributed by atoms with E-state index < -0.39 is 0 Å². The Balaban J connectivity index is 2.29. The Morgan fingerprint density at radius 1 is 1.10 bits per heavy atom. The molecule has 0 aliphatic rings. The number of aromatic amines is 1. The van der Waals surface area contributed by atoms with Crippen molar-refractivity contribution in [1.29, 1.82) is 0 Å². The number of aromatic nitrogens is 3. The summed E-state index contributed by atoms with van der Waals surface area (Å²) in [5, 5.41) is 1.04. The van der Waals surface area contributed by atoms with Crippen LogP contribution < -0.4 is 5.56 Å². The zero-order chi connectivity index (χ0) is 15.0. The number of H-pyrrole nitrogens is 1. The van der Waals surface area contributed by atoms with Crippen LogP contribution in [0.2, 0.25) is 0 Å². The Hall–Kier alpha value is -2.49. The van der Waals surface area contributed by atoms with Crippen molar-refractivity contribution in [3.63, 3.8) is 0 Å². The lowest BCUT2D eigenvalue weighted by Crippen LogP contribution is -2.21. The highest BCUT2D eigenvalue weighted by molar-refractivity contribution is 5.92. The van der Waals surface area contributed by atoms with E-state index in [1.54, 1.807) is 6.20 Å². The van der Waals surface area contributed by atoms with Gasteiger partial charge in [0.05, 0.1) is 11.2 Å². The number of hydrogen-bond donors (Lipinski definition) is 1. The zero-order valence-electron chi connectivity index (χ0n) is 12.3. The first kappa shape index (κ1) is 13.5. The molecule has 1 aromatic carbocycles. The van der Waals surface area contributed by atoms with Crippen molar-refractivity contribution < 1.29 is 0 Å². The van der Waals surface area contributed by atoms with Gasteiger partial charge in [-0.2, -0.15) is 0 Å². The van der Waals surface area contributed by atoms with E-state index in [0.29, 0.717) is 11.5 Å². The minimum atomic E-state index is -0.215. The number of nitrogens with one attached hydrogen (secondary N) is 1. The Morgan fingerprint density at radius 2 is 1.86 bits per heavy atom. The largest absolute Gasteiger partial charge is 0.310 e. The van der Waals surface area contributed by atoms with Gasteiger partial charge in [0, 0.05) is 28.6 Å². The molecule has 106 valence electrons. The van der Waals surface area contributed by atoms with E-state index in [1.165, 1.54) is 6.07 Å². The van der Waals surface area contributed by atoms with Gasteiger partial charge in [-0.15, -0.1) is 0 Å². The average Bonchev–Trinajstić information content (AvgIpc) is 2.45. The fourth-order valence-electron chi connectivity index (χ4n) is 2.26. The van der Waals surface area contributed by atoms with Gasteiger partial charge >= 0.3 is 0 Å². The number of benzene rings is 1. The molecule has 21 heavy (non-hydrogen) atoms. The average molecular weight is 279 g/mol. The van der Waals surface area contributed by atoms with Crippen molar-refractivity contribution in [2.24, 2.45) is 0 Å². The van der Waals surface area contributed by atoms with Crippen LogP contribution in [0.5, 0.6) is 0 Å². The normalized spacial score (nSPS) is 11.8. The van der Waals surface area contributed by atoms with Crippen molar-refractivity contribution in [3.8, 4) is 11.3 Å². The molecule has 0 saturated carbocycles. The second-order valence-corrected chi connectivity index (χ2v) is 6.11. The lowest BCUT2D eigenvalue weighted by Gasteiger charge is -2.17. The second-order valence-electron chi connectivity index (χ2n) is 6.11. The molecule has 1 N–H and O–H groups in total. The van der Waals surface area contributed by atoms with Crippen molar-refractivity contribution in [2.75, 3.05) is 0 Å². The predicted octanol–water partition coefficient (Wildman–Crippen LogP) is 3.28. The SMILES string of the molecule is CC(C)(C)c1nc(-c2cccc3cccnc23)cc(=O)[nH]1. The highest BCUT2D eigenvalue weighted by atomic mass is 16.1. The van der Waals surface area contributed by atoms with Crippen LogP contribution in [0.3, 0.4) is 0 Å². The first-order valence-corrected chi connectivity index (χ1v) is 6.91. The maximum Gasteiger partial charge on any atom is 0.251 e. The van der Waals surface area contributed by atoms with Crippen LogP contribution in [0.4, 0.5) is 0 Å². The molecular formula is C17H17N3O. The van der Waals surface area contributed by atoms with E-state index in [0.717, 1.165) is 16.5 Å². The first-order chi connectivity index (χ1) is 9.95. The number of para-hydroxylation sites is 1. The van der Waals surface area contributed by atoms with E-state index in [9.17, 15) is 4.79 Å². The molecule has 0 aliphatic carbocycles. The van der Waals surface area contributed by atoms with Gasteiger partial charge in [-0.3, -0.25) is 9.78 Å². The van der Waals surface area contributed by atoms with Gasteiger partial charge in [0.15, 0.2) is 0 Å². The predicted molar refractivity (Wildman–Crippen MR) is 84.3 cm³/mol. The van der Waals surface area contributed by atoms with Gasteiger partial charge in [0.1, 0.15) is 5.82 Å². The standard InChI is InChI=1S/C17H17N3O/c1-17(2,3)16-19-13(10-14(21)20-16)12-8-4-6-11-7-5-9-18-15(11)12/h4-10H,1-3H3,(H,19,20,21). The van der Waals surface area contributed by atoms with Crippen molar-refractivity contribution in [1.82, 2.24) is 15.0 Å². The quantitative estimate of drug-likeness (QED) is 0.743. The van der Waals surface area contributed by atoms with Crippen LogP contribution in [0.1, 0.15) is 26.6 Å². The summed E-state index contributed by atoms with van der Waals surface area (Å²) in [6.07, 6.45) is 1.75. The fraction of sp³-hybridized carbons (Fsp3) is 0.235. The summed E-state index contributed by atoms with van der Waals surface area (Å²) in [6.45, 7) is 6.07. The third-order valence-corrected chi connectivity index (χ3v) is 3.36. The molecule has 0 unspecified atom stereocenters. The first-order valence-electron chi connectivity index (χ1n) is 6.91. The molecule has 4 heteroatoms. The fourth-order valence-corrected chi connectivity index (χ4v) is 2.26. The highest BCUT2D eigenvalue weighted by Crippen LogP contribution is 2.26. The Bertz CT molecular complexity index is 854. The van der Waals surface area contributed by atoms with Gasteiger partial charge in [0.25, 0.3) is 5.56 Å². The van der Waals surface area contributed by atoms with Crippen LogP contribution in [0.15, 0.2) is 47.4 Å². The molecule has 2 heterocycles. The van der Waals surface area contributed by atoms with Gasteiger partial charge in [-0.05, 0) is 6.07 Å². The summed E-state index contributed by atoms with van der Waals surface area (Å²) in [4.78, 5) is 23.8. The Morgan fingerprint density at radius 3 is 2.62 bits per heavy atom. The summed E-state index contributed by atoms with van der Waals surface area (Å²) in [6, 6.07) is 11.3. The van der Waals surface area contributed by atoms with Crippen LogP contribution >= 0.6 is 0 Å². The van der Waals surface area contributed by atoms with E-state index in [-0.39, 0.29) is 11.0 Å². The van der Waals surface area contributed by atoms with Gasteiger partial charge in [0.2, 0.25) is 0 Å². The number of hydrogen-bond acceptors (Lipinski definition) is 3. The highest BCUT2D eigenvalue weighted by Gasteiger charge is 2.18. The number of rotatable bonds is 1. The molecule has 0 bridgehead atoms. The molecule has 0 spiro atoms. The van der Waals surface area contributed by atoms with Gasteiger partial charge < -0.3 is 4.98 Å². The minimum absolute atomic E-state index is 0.141. The van der Waals surface area contributed by atoms with Crippen LogP contribution in [-0.4, -0.2) is 15.0 Å². The molecule has 3 aromatic rings. The molecular weight excluding hydrogens is 262 g/mol. The third-order valence-electron chi connectivity index (χ3n) is 3.36. The van der Waals surface area contributed by atoms with Crippen molar-refractivity contribution >= 4 is 10.9 Å². The van der Waals surface area contributed by atoms with Crippen molar-refractivity contribution in [2.45, 2.75) is 26.2 Å². The maximum absolute atomic E-state index is 12.0. The zero-order valence-corrected chi connectivity index (χ0v) is 12.3. The Kier molecular flexibility index (Phi) is 3.09. The number of nitrogens with zero attached hydrogens (tertiary/aromatic N) is 2. The number of fused-ring (bicyclic) bond motifs is 1. The van der Waals surface area contributed by atoms with Gasteiger partial charge in [-0.1, -0.05) is 45.0 Å². The maximum atomic E-state index is 12.0. The molecule has 2 aromatic heterocycles. The summed E-state index contributed by atoms with van der Waals surface area (Å²) in [5.74, 6) is 0.679. The van der Waals surface area contributed by atoms with E-state index in [4.69, 9.17) is 0 Å². The molecule has 0 atom stereocenters. The lowest BCUT2D eigenvalue weighted by molar-refractivity contribution is 0.543. The third kappa shape index (κ3) is 2.57. The van der Waals surface area contributed by atoms with Crippen LogP contribution in [0.25, 0.3) is 22.2 Å². The molecule has 4 nitrogen and oxygen atoms in total. The minimum Gasteiger partial charge on any atom is -0.310 e. The van der Waals surface area contributed by atoms with Crippen LogP contribution in [-0.2, 0) is 5.41 Å². The summed E-state index contributed by atoms with van der Waals surface area (Å²) in [7, 11) is 0. The smallest absolute Gasteiger partial charge is 0.251 e. The van der Waals surface area contributed by atoms with Crippen molar-refractivity contribution in [3.05, 3.63) is 58.8 Å². The van der Waals surface area contributed by atoms with E-state index in [2.05, 4.69) is 15.0 Å². The molecule has 0 amide bonds. The Labute approximate surface area is 122 Å². The van der Waals surface area contributed by atoms with Gasteiger partial charge in [-0.25, -0.2) is 4.98 Å². The monoisotopic (exact) mass is 279 g/mol. The molecule has 0 saturated heterocycles. The lowest BCUT2D eigenvalue weighted by atomic mass is 9.95. The summed E-state index contributed by atoms with van der Waals surface area (Å²) >= 11 is 0. The second kappa shape index (κ2) is 4.81. The summed E-state index contributed by atoms with van der Waals surface area (Å²) < 4.78 is 0. The molecule has 0 fully saturated rings.